The highest BCUT2D eigenvalue weighted by molar-refractivity contribution is 7.89. The third kappa shape index (κ3) is 4.63. The number of ether oxygens (including phenoxy) is 2. The average Bonchev–Trinajstić information content (AvgIpc) is 2.74. The lowest BCUT2D eigenvalue weighted by molar-refractivity contribution is -0.114. The van der Waals surface area contributed by atoms with E-state index in [1.54, 1.807) is 20.3 Å². The molecule has 1 amide bonds. The van der Waals surface area contributed by atoms with Crippen molar-refractivity contribution in [1.82, 2.24) is 4.31 Å². The molecule has 1 N–H and O–H groups in total. The highest BCUT2D eigenvalue weighted by atomic mass is 35.5. The Balaban J connectivity index is 1.74. The number of rotatable bonds is 6. The van der Waals surface area contributed by atoms with E-state index in [0.29, 0.717) is 43.4 Å². The summed E-state index contributed by atoms with van der Waals surface area (Å²) in [5.74, 6) is 1.08. The third-order valence-corrected chi connectivity index (χ3v) is 7.06. The fraction of sp³-hybridized carbons (Fsp3) is 0.350. The zero-order valence-electron chi connectivity index (χ0n) is 17.0. The van der Waals surface area contributed by atoms with Crippen LogP contribution >= 0.6 is 11.6 Å². The number of sulfonamides is 1. The molecule has 162 valence electrons. The lowest BCUT2D eigenvalue weighted by Crippen LogP contribution is -2.48. The van der Waals surface area contributed by atoms with Crippen LogP contribution in [0.1, 0.15) is 6.92 Å². The van der Waals surface area contributed by atoms with E-state index in [-0.39, 0.29) is 15.8 Å². The highest BCUT2D eigenvalue weighted by Crippen LogP contribution is 2.33. The molecule has 1 aliphatic heterocycles. The Morgan fingerprint density at radius 1 is 1.03 bits per heavy atom. The summed E-state index contributed by atoms with van der Waals surface area (Å²) in [6.45, 7) is 3.03. The van der Waals surface area contributed by atoms with Gasteiger partial charge in [0.25, 0.3) is 0 Å². The minimum absolute atomic E-state index is 0.0945. The van der Waals surface area contributed by atoms with E-state index >= 15 is 0 Å². The van der Waals surface area contributed by atoms with Crippen molar-refractivity contribution in [3.63, 3.8) is 0 Å². The number of carbonyl (C=O) groups excluding carboxylic acids is 1. The number of piperazine rings is 1. The Kier molecular flexibility index (Phi) is 6.74. The van der Waals surface area contributed by atoms with Crippen molar-refractivity contribution < 1.29 is 22.7 Å². The number of nitrogens with zero attached hydrogens (tertiary/aromatic N) is 2. The number of methoxy groups -OCH3 is 2. The van der Waals surface area contributed by atoms with Gasteiger partial charge in [-0.2, -0.15) is 4.31 Å². The number of nitrogens with one attached hydrogen (secondary N) is 1. The second kappa shape index (κ2) is 9.11. The summed E-state index contributed by atoms with van der Waals surface area (Å²) in [5, 5.41) is 2.74. The van der Waals surface area contributed by atoms with Crippen molar-refractivity contribution in [2.75, 3.05) is 50.6 Å². The Morgan fingerprint density at radius 2 is 1.73 bits per heavy atom. The Morgan fingerprint density at radius 3 is 2.30 bits per heavy atom. The van der Waals surface area contributed by atoms with Gasteiger partial charge in [-0.1, -0.05) is 11.6 Å². The van der Waals surface area contributed by atoms with Crippen molar-refractivity contribution in [2.24, 2.45) is 0 Å². The van der Waals surface area contributed by atoms with Gasteiger partial charge in [-0.05, 0) is 30.3 Å². The van der Waals surface area contributed by atoms with Crippen LogP contribution < -0.4 is 19.7 Å². The predicted molar refractivity (Wildman–Crippen MR) is 116 cm³/mol. The van der Waals surface area contributed by atoms with Gasteiger partial charge in [-0.25, -0.2) is 8.42 Å². The largest absolute Gasteiger partial charge is 0.497 e. The molecule has 0 aromatic heterocycles. The lowest BCUT2D eigenvalue weighted by atomic mass is 10.2. The maximum atomic E-state index is 13.0. The van der Waals surface area contributed by atoms with Gasteiger partial charge in [-0.3, -0.25) is 4.79 Å². The van der Waals surface area contributed by atoms with Gasteiger partial charge >= 0.3 is 0 Å². The zero-order chi connectivity index (χ0) is 21.9. The topological polar surface area (TPSA) is 88.2 Å². The van der Waals surface area contributed by atoms with Crippen molar-refractivity contribution >= 4 is 38.9 Å². The average molecular weight is 454 g/mol. The van der Waals surface area contributed by atoms with E-state index in [1.165, 1.54) is 29.4 Å². The van der Waals surface area contributed by atoms with Crippen molar-refractivity contribution in [1.29, 1.82) is 0 Å². The predicted octanol–water partition coefficient (Wildman–Crippen LogP) is 2.83. The smallest absolute Gasteiger partial charge is 0.243 e. The van der Waals surface area contributed by atoms with Gasteiger partial charge in [0.15, 0.2) is 0 Å². The van der Waals surface area contributed by atoms with Crippen LogP contribution in [0.15, 0.2) is 41.3 Å². The van der Waals surface area contributed by atoms with Crippen LogP contribution in [0.2, 0.25) is 5.02 Å². The maximum Gasteiger partial charge on any atom is 0.243 e. The molecule has 1 aliphatic rings. The number of anilines is 2. The molecular formula is C20H24ClN3O5S. The molecule has 0 unspecified atom stereocenters. The fourth-order valence-electron chi connectivity index (χ4n) is 3.31. The van der Waals surface area contributed by atoms with Crippen molar-refractivity contribution in [3.8, 4) is 11.5 Å². The number of hydrogen-bond acceptors (Lipinski definition) is 6. The standard InChI is InChI=1S/C20H24ClN3O5S/c1-14(25)22-18-6-5-16(13-17(18)21)30(26,27)24-10-8-23(9-11-24)19-7-4-15(28-2)12-20(19)29-3/h4-7,12-13H,8-11H2,1-3H3,(H,22,25). The first-order chi connectivity index (χ1) is 14.3. The Bertz CT molecular complexity index is 1040. The van der Waals surface area contributed by atoms with Crippen molar-refractivity contribution in [2.45, 2.75) is 11.8 Å². The molecule has 0 radical (unpaired) electrons. The summed E-state index contributed by atoms with van der Waals surface area (Å²) in [6.07, 6.45) is 0. The van der Waals surface area contributed by atoms with E-state index in [1.807, 2.05) is 12.1 Å². The Labute approximate surface area is 181 Å². The van der Waals surface area contributed by atoms with Gasteiger partial charge in [-0.15, -0.1) is 0 Å². The summed E-state index contributed by atoms with van der Waals surface area (Å²) in [6, 6.07) is 9.86. The number of hydrogen-bond donors (Lipinski definition) is 1. The first-order valence-electron chi connectivity index (χ1n) is 9.30. The molecule has 1 fully saturated rings. The van der Waals surface area contributed by atoms with Crippen LogP contribution in [0.25, 0.3) is 0 Å². The molecule has 0 bridgehead atoms. The minimum Gasteiger partial charge on any atom is -0.497 e. The molecule has 1 heterocycles. The van der Waals surface area contributed by atoms with Gasteiger partial charge in [0.1, 0.15) is 11.5 Å². The molecule has 2 aromatic carbocycles. The normalized spacial score (nSPS) is 15.0. The summed E-state index contributed by atoms with van der Waals surface area (Å²) >= 11 is 6.15. The molecule has 0 saturated carbocycles. The molecule has 10 heteroatoms. The van der Waals surface area contributed by atoms with Crippen LogP contribution in [-0.2, 0) is 14.8 Å². The van der Waals surface area contributed by atoms with E-state index in [0.717, 1.165) is 5.69 Å². The maximum absolute atomic E-state index is 13.0. The Hall–Kier alpha value is -2.49. The van der Waals surface area contributed by atoms with E-state index in [4.69, 9.17) is 21.1 Å². The van der Waals surface area contributed by atoms with Crippen LogP contribution in [0, 0.1) is 0 Å². The van der Waals surface area contributed by atoms with Crippen LogP contribution in [0.5, 0.6) is 11.5 Å². The molecule has 0 atom stereocenters. The SMILES string of the molecule is COc1ccc(N2CCN(S(=O)(=O)c3ccc(NC(C)=O)c(Cl)c3)CC2)c(OC)c1. The summed E-state index contributed by atoms with van der Waals surface area (Å²) in [4.78, 5) is 13.4. The molecule has 30 heavy (non-hydrogen) atoms. The number of benzene rings is 2. The quantitative estimate of drug-likeness (QED) is 0.723. The molecule has 3 rings (SSSR count). The lowest BCUT2D eigenvalue weighted by Gasteiger charge is -2.36. The van der Waals surface area contributed by atoms with E-state index < -0.39 is 10.0 Å². The van der Waals surface area contributed by atoms with Crippen LogP contribution in [0.4, 0.5) is 11.4 Å². The number of halogens is 1. The van der Waals surface area contributed by atoms with Gasteiger partial charge in [0.2, 0.25) is 15.9 Å². The summed E-state index contributed by atoms with van der Waals surface area (Å²) in [7, 11) is -0.523. The molecular weight excluding hydrogens is 430 g/mol. The minimum atomic E-state index is -3.70. The first-order valence-corrected chi connectivity index (χ1v) is 11.1. The number of amides is 1. The molecule has 0 spiro atoms. The van der Waals surface area contributed by atoms with E-state index in [2.05, 4.69) is 10.2 Å². The summed E-state index contributed by atoms with van der Waals surface area (Å²) < 4.78 is 38.2. The molecule has 0 aliphatic carbocycles. The highest BCUT2D eigenvalue weighted by Gasteiger charge is 2.30. The second-order valence-corrected chi connectivity index (χ2v) is 9.10. The molecule has 1 saturated heterocycles. The van der Waals surface area contributed by atoms with E-state index in [9.17, 15) is 13.2 Å². The summed E-state index contributed by atoms with van der Waals surface area (Å²) in [5.41, 5.74) is 1.26. The van der Waals surface area contributed by atoms with Gasteiger partial charge in [0, 0.05) is 39.2 Å². The zero-order valence-corrected chi connectivity index (χ0v) is 18.6. The fourth-order valence-corrected chi connectivity index (χ4v) is 5.05. The monoisotopic (exact) mass is 453 g/mol. The number of carbonyl (C=O) groups is 1. The van der Waals surface area contributed by atoms with Gasteiger partial charge in [0.05, 0.1) is 35.5 Å². The van der Waals surface area contributed by atoms with Crippen LogP contribution in [0.3, 0.4) is 0 Å². The first kappa shape index (κ1) is 22.2. The third-order valence-electron chi connectivity index (χ3n) is 4.86. The van der Waals surface area contributed by atoms with Crippen molar-refractivity contribution in [3.05, 3.63) is 41.4 Å². The second-order valence-electron chi connectivity index (χ2n) is 6.75. The van der Waals surface area contributed by atoms with Gasteiger partial charge < -0.3 is 19.7 Å². The molecule has 2 aromatic rings. The van der Waals surface area contributed by atoms with Crippen LogP contribution in [-0.4, -0.2) is 59.0 Å². The molecule has 8 nitrogen and oxygen atoms in total.